The van der Waals surface area contributed by atoms with Gasteiger partial charge in [-0.1, -0.05) is 18.2 Å². The number of thioether (sulfide) groups is 1. The molecule has 1 aromatic carbocycles. The summed E-state index contributed by atoms with van der Waals surface area (Å²) in [5, 5.41) is 2.79. The molecule has 28 heavy (non-hydrogen) atoms. The Morgan fingerprint density at radius 1 is 1.18 bits per heavy atom. The predicted molar refractivity (Wildman–Crippen MR) is 106 cm³/mol. The van der Waals surface area contributed by atoms with Crippen molar-refractivity contribution in [3.05, 3.63) is 89.6 Å². The second-order valence-corrected chi connectivity index (χ2v) is 7.46. The highest BCUT2D eigenvalue weighted by Gasteiger charge is 2.33. The molecular weight excluding hydrogens is 374 g/mol. The zero-order valence-corrected chi connectivity index (χ0v) is 15.9. The fourth-order valence-electron chi connectivity index (χ4n) is 3.05. The Kier molecular flexibility index (Phi) is 5.43. The average Bonchev–Trinajstić information content (AvgIpc) is 3.38. The van der Waals surface area contributed by atoms with E-state index in [2.05, 4.69) is 10.3 Å². The van der Waals surface area contributed by atoms with Crippen LogP contribution in [-0.4, -0.2) is 27.5 Å². The molecule has 0 saturated carbocycles. The Balaban J connectivity index is 1.42. The summed E-state index contributed by atoms with van der Waals surface area (Å²) in [6, 6.07) is 16.7. The smallest absolute Gasteiger partial charge is 0.251 e. The molecule has 0 radical (unpaired) electrons. The molecule has 1 atom stereocenters. The molecule has 7 heteroatoms. The first kappa shape index (κ1) is 18.3. The molecule has 0 unspecified atom stereocenters. The van der Waals surface area contributed by atoms with E-state index in [0.717, 1.165) is 17.0 Å². The fourth-order valence-corrected chi connectivity index (χ4v) is 4.23. The molecule has 2 aromatic heterocycles. The lowest BCUT2D eigenvalue weighted by Crippen LogP contribution is -2.27. The van der Waals surface area contributed by atoms with Crippen LogP contribution in [0.5, 0.6) is 0 Å². The van der Waals surface area contributed by atoms with Gasteiger partial charge in [0, 0.05) is 11.8 Å². The van der Waals surface area contributed by atoms with Crippen LogP contribution >= 0.6 is 11.8 Å². The summed E-state index contributed by atoms with van der Waals surface area (Å²) in [7, 11) is 0. The highest BCUT2D eigenvalue weighted by atomic mass is 32.2. The monoisotopic (exact) mass is 393 g/mol. The molecule has 3 aromatic rings. The van der Waals surface area contributed by atoms with Crippen LogP contribution in [0.3, 0.4) is 0 Å². The molecule has 1 fully saturated rings. The second-order valence-electron chi connectivity index (χ2n) is 6.39. The predicted octanol–water partition coefficient (Wildman–Crippen LogP) is 3.38. The van der Waals surface area contributed by atoms with Gasteiger partial charge in [-0.3, -0.25) is 14.6 Å². The van der Waals surface area contributed by atoms with Crippen molar-refractivity contribution in [1.82, 2.24) is 15.2 Å². The number of carbonyl (C=O) groups excluding carboxylic acids is 2. The summed E-state index contributed by atoms with van der Waals surface area (Å²) < 4.78 is 5.38. The van der Waals surface area contributed by atoms with Gasteiger partial charge in [0.05, 0.1) is 30.8 Å². The van der Waals surface area contributed by atoms with Gasteiger partial charge in [0.2, 0.25) is 5.91 Å². The SMILES string of the molecule is O=C(NCc1ccccn1)c1ccc([C@@H]2SCC(=O)N2Cc2ccco2)cc1. The maximum absolute atomic E-state index is 12.4. The molecule has 142 valence electrons. The molecule has 0 aliphatic carbocycles. The van der Waals surface area contributed by atoms with E-state index in [9.17, 15) is 9.59 Å². The number of rotatable bonds is 6. The maximum atomic E-state index is 12.4. The Bertz CT molecular complexity index is 943. The van der Waals surface area contributed by atoms with Crippen LogP contribution in [-0.2, 0) is 17.9 Å². The Hall–Kier alpha value is -3.06. The van der Waals surface area contributed by atoms with Gasteiger partial charge in [-0.2, -0.15) is 0 Å². The van der Waals surface area contributed by atoms with Crippen LogP contribution in [0.25, 0.3) is 0 Å². The number of nitrogens with one attached hydrogen (secondary N) is 1. The van der Waals surface area contributed by atoms with Crippen LogP contribution < -0.4 is 5.32 Å². The Morgan fingerprint density at radius 2 is 2.04 bits per heavy atom. The summed E-state index contributed by atoms with van der Waals surface area (Å²) in [4.78, 5) is 30.6. The number of hydrogen-bond donors (Lipinski definition) is 1. The van der Waals surface area contributed by atoms with Crippen molar-refractivity contribution < 1.29 is 14.0 Å². The van der Waals surface area contributed by atoms with Crippen LogP contribution in [0.1, 0.15) is 32.7 Å². The van der Waals surface area contributed by atoms with E-state index < -0.39 is 0 Å². The third-order valence-electron chi connectivity index (χ3n) is 4.49. The molecule has 0 bridgehead atoms. The largest absolute Gasteiger partial charge is 0.467 e. The molecular formula is C21H19N3O3S. The lowest BCUT2D eigenvalue weighted by molar-refractivity contribution is -0.128. The number of nitrogens with zero attached hydrogens (tertiary/aromatic N) is 2. The summed E-state index contributed by atoms with van der Waals surface area (Å²) in [6.45, 7) is 0.821. The molecule has 1 aliphatic heterocycles. The number of benzene rings is 1. The highest BCUT2D eigenvalue weighted by molar-refractivity contribution is 8.00. The van der Waals surface area contributed by atoms with E-state index in [1.807, 2.05) is 42.5 Å². The van der Waals surface area contributed by atoms with Crippen molar-refractivity contribution in [3.63, 3.8) is 0 Å². The summed E-state index contributed by atoms with van der Waals surface area (Å²) >= 11 is 1.58. The Morgan fingerprint density at radius 3 is 2.75 bits per heavy atom. The molecule has 1 saturated heterocycles. The molecule has 1 N–H and O–H groups in total. The zero-order chi connectivity index (χ0) is 19.3. The number of carbonyl (C=O) groups is 2. The average molecular weight is 393 g/mol. The van der Waals surface area contributed by atoms with Gasteiger partial charge in [-0.05, 0) is 42.0 Å². The van der Waals surface area contributed by atoms with Crippen LogP contribution in [0.4, 0.5) is 0 Å². The quantitative estimate of drug-likeness (QED) is 0.695. The van der Waals surface area contributed by atoms with Gasteiger partial charge in [0.25, 0.3) is 5.91 Å². The molecule has 4 rings (SSSR count). The number of pyridine rings is 1. The molecule has 1 aliphatic rings. The van der Waals surface area contributed by atoms with E-state index in [1.54, 1.807) is 41.3 Å². The van der Waals surface area contributed by atoms with Gasteiger partial charge in [-0.15, -0.1) is 11.8 Å². The van der Waals surface area contributed by atoms with Crippen molar-refractivity contribution in [2.45, 2.75) is 18.5 Å². The van der Waals surface area contributed by atoms with E-state index in [-0.39, 0.29) is 17.2 Å². The van der Waals surface area contributed by atoms with E-state index in [1.165, 1.54) is 0 Å². The van der Waals surface area contributed by atoms with Crippen molar-refractivity contribution in [2.24, 2.45) is 0 Å². The van der Waals surface area contributed by atoms with Crippen LogP contribution in [0.2, 0.25) is 0 Å². The van der Waals surface area contributed by atoms with Gasteiger partial charge >= 0.3 is 0 Å². The first-order valence-corrected chi connectivity index (χ1v) is 9.97. The van der Waals surface area contributed by atoms with E-state index >= 15 is 0 Å². The standard InChI is InChI=1S/C21H19N3O3S/c25-19-14-28-21(24(19)13-18-5-3-11-27-18)16-8-6-15(7-9-16)20(26)23-12-17-4-1-2-10-22-17/h1-11,21H,12-14H2,(H,23,26)/t21-/m0/s1. The maximum Gasteiger partial charge on any atom is 0.251 e. The number of furan rings is 1. The highest BCUT2D eigenvalue weighted by Crippen LogP contribution is 2.39. The van der Waals surface area contributed by atoms with Gasteiger partial charge in [-0.25, -0.2) is 0 Å². The lowest BCUT2D eigenvalue weighted by atomic mass is 10.1. The minimum atomic E-state index is -0.153. The van der Waals surface area contributed by atoms with Crippen LogP contribution in [0.15, 0.2) is 71.5 Å². The third-order valence-corrected chi connectivity index (χ3v) is 5.74. The second kappa shape index (κ2) is 8.31. The van der Waals surface area contributed by atoms with Crippen molar-refractivity contribution in [1.29, 1.82) is 0 Å². The van der Waals surface area contributed by atoms with Crippen molar-refractivity contribution in [3.8, 4) is 0 Å². The first-order chi connectivity index (χ1) is 13.7. The number of hydrogen-bond acceptors (Lipinski definition) is 5. The van der Waals surface area contributed by atoms with Gasteiger partial charge in [0.1, 0.15) is 11.1 Å². The number of amides is 2. The van der Waals surface area contributed by atoms with Gasteiger partial charge < -0.3 is 14.6 Å². The lowest BCUT2D eigenvalue weighted by Gasteiger charge is -2.23. The topological polar surface area (TPSA) is 75.4 Å². The fraction of sp³-hybridized carbons (Fsp3) is 0.190. The van der Waals surface area contributed by atoms with Crippen molar-refractivity contribution >= 4 is 23.6 Å². The molecule has 2 amide bonds. The summed E-state index contributed by atoms with van der Waals surface area (Å²) in [6.07, 6.45) is 3.31. The molecule has 3 heterocycles. The van der Waals surface area contributed by atoms with E-state index in [4.69, 9.17) is 4.42 Å². The minimum Gasteiger partial charge on any atom is -0.467 e. The number of aromatic nitrogens is 1. The minimum absolute atomic E-state index is 0.0803. The Labute approximate surface area is 166 Å². The van der Waals surface area contributed by atoms with Gasteiger partial charge in [0.15, 0.2) is 0 Å². The third kappa shape index (κ3) is 4.09. The zero-order valence-electron chi connectivity index (χ0n) is 15.1. The normalized spacial score (nSPS) is 16.4. The van der Waals surface area contributed by atoms with Crippen molar-refractivity contribution in [2.75, 3.05) is 5.75 Å². The van der Waals surface area contributed by atoms with Crippen LogP contribution in [0, 0.1) is 0 Å². The van der Waals surface area contributed by atoms with E-state index in [0.29, 0.717) is 24.4 Å². The summed E-state index contributed by atoms with van der Waals surface area (Å²) in [5.74, 6) is 1.13. The first-order valence-electron chi connectivity index (χ1n) is 8.92. The molecule has 6 nitrogen and oxygen atoms in total. The summed E-state index contributed by atoms with van der Waals surface area (Å²) in [5.41, 5.74) is 2.37. The molecule has 0 spiro atoms.